The second-order valence-electron chi connectivity index (χ2n) is 5.08. The number of carbonyl (C=O) groups is 1. The Hall–Kier alpha value is -3.42. The summed E-state index contributed by atoms with van der Waals surface area (Å²) < 4.78 is 5.48. The van der Waals surface area contributed by atoms with Crippen molar-refractivity contribution in [3.8, 4) is 17.1 Å². The van der Waals surface area contributed by atoms with E-state index in [2.05, 4.69) is 30.8 Å². The molecule has 0 saturated carbocycles. The SMILES string of the molecule is CCOc1ccccc1NC(=O)NCc1nc(-c2ccncc2)n[nH]1. The van der Waals surface area contributed by atoms with Crippen molar-refractivity contribution in [2.45, 2.75) is 13.5 Å². The summed E-state index contributed by atoms with van der Waals surface area (Å²) in [5.41, 5.74) is 1.46. The fourth-order valence-electron chi connectivity index (χ4n) is 2.19. The van der Waals surface area contributed by atoms with Gasteiger partial charge in [-0.05, 0) is 31.2 Å². The molecule has 128 valence electrons. The van der Waals surface area contributed by atoms with Crippen LogP contribution in [0, 0.1) is 0 Å². The number of rotatable bonds is 6. The lowest BCUT2D eigenvalue weighted by Crippen LogP contribution is -2.28. The van der Waals surface area contributed by atoms with Crippen LogP contribution < -0.4 is 15.4 Å². The molecule has 0 aliphatic rings. The van der Waals surface area contributed by atoms with Gasteiger partial charge in [0.2, 0.25) is 0 Å². The summed E-state index contributed by atoms with van der Waals surface area (Å²) in [4.78, 5) is 20.4. The van der Waals surface area contributed by atoms with Gasteiger partial charge in [-0.2, -0.15) is 5.10 Å². The highest BCUT2D eigenvalue weighted by Gasteiger charge is 2.09. The van der Waals surface area contributed by atoms with Crippen LogP contribution in [0.5, 0.6) is 5.75 Å². The van der Waals surface area contributed by atoms with Gasteiger partial charge in [-0.3, -0.25) is 10.1 Å². The first-order chi connectivity index (χ1) is 12.3. The van der Waals surface area contributed by atoms with E-state index in [1.54, 1.807) is 24.5 Å². The van der Waals surface area contributed by atoms with Crippen molar-refractivity contribution in [3.63, 3.8) is 0 Å². The highest BCUT2D eigenvalue weighted by atomic mass is 16.5. The molecule has 2 heterocycles. The minimum Gasteiger partial charge on any atom is -0.492 e. The van der Waals surface area contributed by atoms with Gasteiger partial charge in [-0.1, -0.05) is 12.1 Å². The molecule has 0 aliphatic heterocycles. The number of nitrogens with zero attached hydrogens (tertiary/aromatic N) is 3. The number of amides is 2. The number of hydrogen-bond acceptors (Lipinski definition) is 5. The lowest BCUT2D eigenvalue weighted by molar-refractivity contribution is 0.251. The molecule has 0 atom stereocenters. The zero-order valence-electron chi connectivity index (χ0n) is 13.7. The van der Waals surface area contributed by atoms with Crippen molar-refractivity contribution in [1.29, 1.82) is 0 Å². The number of para-hydroxylation sites is 2. The largest absolute Gasteiger partial charge is 0.492 e. The Balaban J connectivity index is 1.57. The fraction of sp³-hybridized carbons (Fsp3) is 0.176. The van der Waals surface area contributed by atoms with Crippen molar-refractivity contribution in [1.82, 2.24) is 25.5 Å². The maximum atomic E-state index is 12.1. The van der Waals surface area contributed by atoms with E-state index in [-0.39, 0.29) is 12.6 Å². The third-order valence-electron chi connectivity index (χ3n) is 3.32. The van der Waals surface area contributed by atoms with E-state index in [4.69, 9.17) is 4.74 Å². The van der Waals surface area contributed by atoms with Gasteiger partial charge in [0.15, 0.2) is 5.82 Å². The number of carbonyl (C=O) groups excluding carboxylic acids is 1. The summed E-state index contributed by atoms with van der Waals surface area (Å²) in [6, 6.07) is 10.5. The molecule has 0 aliphatic carbocycles. The monoisotopic (exact) mass is 338 g/mol. The van der Waals surface area contributed by atoms with E-state index in [0.29, 0.717) is 29.7 Å². The summed E-state index contributed by atoms with van der Waals surface area (Å²) in [6.45, 7) is 2.64. The topological polar surface area (TPSA) is 105 Å². The van der Waals surface area contributed by atoms with Gasteiger partial charge in [0, 0.05) is 18.0 Å². The van der Waals surface area contributed by atoms with E-state index in [0.717, 1.165) is 5.56 Å². The summed E-state index contributed by atoms with van der Waals surface area (Å²) in [5, 5.41) is 12.4. The number of aromatic amines is 1. The Bertz CT molecular complexity index is 834. The number of urea groups is 1. The average molecular weight is 338 g/mol. The molecule has 8 heteroatoms. The molecule has 3 aromatic rings. The predicted octanol–water partition coefficient (Wildman–Crippen LogP) is 2.59. The van der Waals surface area contributed by atoms with E-state index in [9.17, 15) is 4.79 Å². The normalized spacial score (nSPS) is 10.3. The Labute approximate surface area is 144 Å². The van der Waals surface area contributed by atoms with E-state index < -0.39 is 0 Å². The van der Waals surface area contributed by atoms with Gasteiger partial charge in [0.25, 0.3) is 0 Å². The number of anilines is 1. The Morgan fingerprint density at radius 3 is 2.80 bits per heavy atom. The molecule has 0 saturated heterocycles. The fourth-order valence-corrected chi connectivity index (χ4v) is 2.19. The molecule has 3 rings (SSSR count). The lowest BCUT2D eigenvalue weighted by atomic mass is 10.2. The third kappa shape index (κ3) is 4.31. The van der Waals surface area contributed by atoms with E-state index >= 15 is 0 Å². The number of pyridine rings is 1. The van der Waals surface area contributed by atoms with Crippen LogP contribution >= 0.6 is 0 Å². The highest BCUT2D eigenvalue weighted by Crippen LogP contribution is 2.23. The van der Waals surface area contributed by atoms with Gasteiger partial charge >= 0.3 is 6.03 Å². The molecule has 0 unspecified atom stereocenters. The molecule has 0 radical (unpaired) electrons. The average Bonchev–Trinajstić information content (AvgIpc) is 3.12. The van der Waals surface area contributed by atoms with Crippen LogP contribution in [0.2, 0.25) is 0 Å². The molecule has 25 heavy (non-hydrogen) atoms. The molecule has 8 nitrogen and oxygen atoms in total. The van der Waals surface area contributed by atoms with Gasteiger partial charge in [-0.15, -0.1) is 0 Å². The van der Waals surface area contributed by atoms with Crippen LogP contribution in [0.4, 0.5) is 10.5 Å². The van der Waals surface area contributed by atoms with Crippen molar-refractivity contribution >= 4 is 11.7 Å². The maximum absolute atomic E-state index is 12.1. The molecule has 0 bridgehead atoms. The Morgan fingerprint density at radius 1 is 1.20 bits per heavy atom. The molecule has 0 fully saturated rings. The van der Waals surface area contributed by atoms with Crippen LogP contribution in [0.15, 0.2) is 48.8 Å². The molecule has 3 N–H and O–H groups in total. The van der Waals surface area contributed by atoms with Gasteiger partial charge in [-0.25, -0.2) is 9.78 Å². The molecule has 0 spiro atoms. The Morgan fingerprint density at radius 2 is 2.00 bits per heavy atom. The number of hydrogen-bond donors (Lipinski definition) is 3. The zero-order valence-corrected chi connectivity index (χ0v) is 13.7. The summed E-state index contributed by atoms with van der Waals surface area (Å²) in [7, 11) is 0. The molecular formula is C17H18N6O2. The highest BCUT2D eigenvalue weighted by molar-refractivity contribution is 5.90. The molecule has 1 aromatic carbocycles. The van der Waals surface area contributed by atoms with Gasteiger partial charge in [0.1, 0.15) is 11.6 Å². The van der Waals surface area contributed by atoms with Crippen molar-refractivity contribution in [3.05, 3.63) is 54.6 Å². The van der Waals surface area contributed by atoms with Gasteiger partial charge in [0.05, 0.1) is 18.8 Å². The standard InChI is InChI=1S/C17H18N6O2/c1-2-25-14-6-4-3-5-13(14)20-17(24)19-11-15-21-16(23-22-15)12-7-9-18-10-8-12/h3-10H,2,11H2,1H3,(H2,19,20,24)(H,21,22,23). The van der Waals surface area contributed by atoms with Crippen LogP contribution in [-0.4, -0.2) is 32.8 Å². The van der Waals surface area contributed by atoms with Crippen LogP contribution in [-0.2, 0) is 6.54 Å². The van der Waals surface area contributed by atoms with Gasteiger partial charge < -0.3 is 15.4 Å². The lowest BCUT2D eigenvalue weighted by Gasteiger charge is -2.11. The van der Waals surface area contributed by atoms with Crippen molar-refractivity contribution in [2.75, 3.05) is 11.9 Å². The number of ether oxygens (including phenoxy) is 1. The molecule has 2 aromatic heterocycles. The first-order valence-corrected chi connectivity index (χ1v) is 7.84. The number of H-pyrrole nitrogens is 1. The maximum Gasteiger partial charge on any atom is 0.319 e. The summed E-state index contributed by atoms with van der Waals surface area (Å²) in [5.74, 6) is 1.74. The van der Waals surface area contributed by atoms with Crippen molar-refractivity contribution in [2.24, 2.45) is 0 Å². The number of benzene rings is 1. The van der Waals surface area contributed by atoms with Crippen LogP contribution in [0.1, 0.15) is 12.7 Å². The first kappa shape index (κ1) is 16.4. The van der Waals surface area contributed by atoms with Crippen LogP contribution in [0.3, 0.4) is 0 Å². The number of aromatic nitrogens is 4. The van der Waals surface area contributed by atoms with Crippen LogP contribution in [0.25, 0.3) is 11.4 Å². The number of nitrogens with one attached hydrogen (secondary N) is 3. The predicted molar refractivity (Wildman–Crippen MR) is 93.1 cm³/mol. The minimum absolute atomic E-state index is 0.223. The first-order valence-electron chi connectivity index (χ1n) is 7.84. The second kappa shape index (κ2) is 7.91. The van der Waals surface area contributed by atoms with E-state index in [1.165, 1.54) is 0 Å². The Kier molecular flexibility index (Phi) is 5.20. The third-order valence-corrected chi connectivity index (χ3v) is 3.32. The second-order valence-corrected chi connectivity index (χ2v) is 5.08. The van der Waals surface area contributed by atoms with E-state index in [1.807, 2.05) is 31.2 Å². The summed E-state index contributed by atoms with van der Waals surface area (Å²) >= 11 is 0. The minimum atomic E-state index is -0.353. The molecular weight excluding hydrogens is 320 g/mol. The smallest absolute Gasteiger partial charge is 0.319 e. The quantitative estimate of drug-likeness (QED) is 0.641. The van der Waals surface area contributed by atoms with Crippen molar-refractivity contribution < 1.29 is 9.53 Å². The molecule has 2 amide bonds. The summed E-state index contributed by atoms with van der Waals surface area (Å²) in [6.07, 6.45) is 3.35. The zero-order chi connectivity index (χ0) is 17.5.